The predicted molar refractivity (Wildman–Crippen MR) is 129 cm³/mol. The molecule has 1 atom stereocenters. The van der Waals surface area contributed by atoms with E-state index in [1.165, 1.54) is 4.57 Å². The third kappa shape index (κ3) is 3.94. The minimum atomic E-state index is -0.654. The van der Waals surface area contributed by atoms with E-state index in [1.807, 2.05) is 66.0 Å². The zero-order valence-electron chi connectivity index (χ0n) is 16.9. The molecule has 8 heteroatoms. The topological polar surface area (TPSA) is 87.5 Å². The van der Waals surface area contributed by atoms with Crippen molar-refractivity contribution in [3.63, 3.8) is 0 Å². The second kappa shape index (κ2) is 8.64. The largest absolute Gasteiger partial charge is 0.494 e. The highest BCUT2D eigenvalue weighted by Crippen LogP contribution is 2.46. The molecule has 2 aromatic heterocycles. The molecular weight excluding hydrogens is 442 g/mol. The van der Waals surface area contributed by atoms with E-state index in [2.05, 4.69) is 11.1 Å². The summed E-state index contributed by atoms with van der Waals surface area (Å²) < 4.78 is 1.18. The first-order chi connectivity index (χ1) is 15.6. The van der Waals surface area contributed by atoms with Crippen LogP contribution in [0.2, 0.25) is 0 Å². The Hall–Kier alpha value is -3.36. The lowest BCUT2D eigenvalue weighted by Crippen LogP contribution is -2.34. The average molecular weight is 462 g/mol. The summed E-state index contributed by atoms with van der Waals surface area (Å²) in [5, 5.41) is 13.1. The zero-order valence-corrected chi connectivity index (χ0v) is 18.5. The number of benzene rings is 2. The second-order valence-corrected chi connectivity index (χ2v) is 9.61. The number of aliphatic imine (C=N–C) groups is 1. The van der Waals surface area contributed by atoms with Crippen LogP contribution < -0.4 is 11.2 Å². The van der Waals surface area contributed by atoms with Crippen molar-refractivity contribution in [2.24, 2.45) is 4.99 Å². The number of thiophene rings is 1. The highest BCUT2D eigenvalue weighted by atomic mass is 32.2. The van der Waals surface area contributed by atoms with Gasteiger partial charge in [0.25, 0.3) is 5.56 Å². The molecular formula is C24H19N3O3S2. The summed E-state index contributed by atoms with van der Waals surface area (Å²) in [6, 6.07) is 21.1. The molecule has 0 unspecified atom stereocenters. The van der Waals surface area contributed by atoms with Gasteiger partial charge in [-0.25, -0.2) is 4.79 Å². The number of hydrogen-bond donors (Lipinski definition) is 2. The number of thioether (sulfide) groups is 1. The van der Waals surface area contributed by atoms with Crippen molar-refractivity contribution in [3.8, 4) is 5.88 Å². The van der Waals surface area contributed by atoms with Crippen LogP contribution in [0.4, 0.5) is 5.69 Å². The summed E-state index contributed by atoms with van der Waals surface area (Å²) in [5.41, 5.74) is 0.791. The van der Waals surface area contributed by atoms with Crippen molar-refractivity contribution in [1.82, 2.24) is 9.55 Å². The van der Waals surface area contributed by atoms with Gasteiger partial charge in [-0.1, -0.05) is 48.5 Å². The van der Waals surface area contributed by atoms with E-state index in [-0.39, 0.29) is 23.2 Å². The van der Waals surface area contributed by atoms with Crippen LogP contribution in [0.15, 0.2) is 91.6 Å². The Morgan fingerprint density at radius 2 is 1.81 bits per heavy atom. The molecule has 0 bridgehead atoms. The fraction of sp³-hybridized carbons (Fsp3) is 0.125. The quantitative estimate of drug-likeness (QED) is 0.461. The Bertz CT molecular complexity index is 1410. The molecule has 0 radical (unpaired) electrons. The van der Waals surface area contributed by atoms with Gasteiger partial charge < -0.3 is 5.11 Å². The van der Waals surface area contributed by atoms with Gasteiger partial charge in [0, 0.05) is 21.4 Å². The zero-order chi connectivity index (χ0) is 22.1. The number of aromatic hydroxyl groups is 1. The molecule has 4 aromatic rings. The van der Waals surface area contributed by atoms with Gasteiger partial charge in [-0.05, 0) is 29.1 Å². The lowest BCUT2D eigenvalue weighted by molar-refractivity contribution is 0.408. The van der Waals surface area contributed by atoms with Crippen LogP contribution in [-0.2, 0) is 6.54 Å². The molecule has 32 heavy (non-hydrogen) atoms. The second-order valence-electron chi connectivity index (χ2n) is 7.38. The number of nitrogens with zero attached hydrogens (tertiary/aromatic N) is 2. The van der Waals surface area contributed by atoms with Crippen molar-refractivity contribution in [1.29, 1.82) is 0 Å². The van der Waals surface area contributed by atoms with Crippen molar-refractivity contribution in [3.05, 3.63) is 109 Å². The molecule has 2 aromatic carbocycles. The number of fused-ring (bicyclic) bond motifs is 1. The Labute approximate surface area is 191 Å². The van der Waals surface area contributed by atoms with E-state index in [0.717, 1.165) is 21.0 Å². The fourth-order valence-electron chi connectivity index (χ4n) is 3.73. The molecule has 5 rings (SSSR count). The lowest BCUT2D eigenvalue weighted by Gasteiger charge is -2.15. The SMILES string of the molecule is O=c1[nH]c(=O)n(Cc2ccccc2)c(O)c1C1=Nc2ccccc2S[C@@H](c2cccs2)C1. The standard InChI is InChI=1S/C24H19N3O3S2/c28-22-21(23(29)27(24(30)26-22)14-15-7-2-1-3-8-15)17-13-20(19-11-6-12-31-19)32-18-10-5-4-9-16(18)25-17/h1-12,20,29H,13-14H2,(H,26,28,30)/t20-/m1/s1. The molecule has 1 aliphatic heterocycles. The van der Waals surface area contributed by atoms with Gasteiger partial charge in [0.05, 0.1) is 17.9 Å². The molecule has 0 saturated heterocycles. The smallest absolute Gasteiger partial charge is 0.331 e. The van der Waals surface area contributed by atoms with Crippen LogP contribution in [0.3, 0.4) is 0 Å². The van der Waals surface area contributed by atoms with Gasteiger partial charge in [-0.15, -0.1) is 23.1 Å². The number of H-pyrrole nitrogens is 1. The molecule has 0 aliphatic carbocycles. The molecule has 0 fully saturated rings. The number of aromatic nitrogens is 2. The minimum absolute atomic E-state index is 0.0331. The van der Waals surface area contributed by atoms with Crippen LogP contribution in [0.25, 0.3) is 0 Å². The van der Waals surface area contributed by atoms with Gasteiger partial charge in [0.15, 0.2) is 0 Å². The fourth-order valence-corrected chi connectivity index (χ4v) is 5.89. The Balaban J connectivity index is 1.65. The highest BCUT2D eigenvalue weighted by Gasteiger charge is 2.27. The number of aromatic amines is 1. The Kier molecular flexibility index (Phi) is 5.55. The van der Waals surface area contributed by atoms with Gasteiger partial charge in [-0.3, -0.25) is 19.3 Å². The van der Waals surface area contributed by atoms with Crippen molar-refractivity contribution >= 4 is 34.5 Å². The van der Waals surface area contributed by atoms with Gasteiger partial charge in [-0.2, -0.15) is 0 Å². The van der Waals surface area contributed by atoms with Crippen molar-refractivity contribution in [2.45, 2.75) is 23.1 Å². The number of nitrogens with one attached hydrogen (secondary N) is 1. The summed E-state index contributed by atoms with van der Waals surface area (Å²) in [4.78, 5) is 34.7. The van der Waals surface area contributed by atoms with Gasteiger partial charge >= 0.3 is 5.69 Å². The first-order valence-corrected chi connectivity index (χ1v) is 11.8. The van der Waals surface area contributed by atoms with E-state index < -0.39 is 11.2 Å². The molecule has 6 nitrogen and oxygen atoms in total. The summed E-state index contributed by atoms with van der Waals surface area (Å²) >= 11 is 3.34. The predicted octanol–water partition coefficient (Wildman–Crippen LogP) is 4.71. The van der Waals surface area contributed by atoms with Crippen LogP contribution in [0.1, 0.15) is 27.7 Å². The molecule has 160 valence electrons. The highest BCUT2D eigenvalue weighted by molar-refractivity contribution is 7.99. The maximum atomic E-state index is 12.9. The first kappa shape index (κ1) is 20.5. The van der Waals surface area contributed by atoms with Gasteiger partial charge in [0.2, 0.25) is 5.88 Å². The van der Waals surface area contributed by atoms with Crippen molar-refractivity contribution < 1.29 is 5.11 Å². The average Bonchev–Trinajstić information content (AvgIpc) is 3.26. The summed E-state index contributed by atoms with van der Waals surface area (Å²) in [6.45, 7) is 0.141. The third-order valence-electron chi connectivity index (χ3n) is 5.27. The lowest BCUT2D eigenvalue weighted by atomic mass is 10.1. The van der Waals surface area contributed by atoms with E-state index in [9.17, 15) is 14.7 Å². The number of hydrogen-bond acceptors (Lipinski definition) is 6. The normalized spacial score (nSPS) is 15.6. The first-order valence-electron chi connectivity index (χ1n) is 10.1. The summed E-state index contributed by atoms with van der Waals surface area (Å²) in [5.74, 6) is -0.365. The number of rotatable bonds is 4. The van der Waals surface area contributed by atoms with Crippen LogP contribution in [0.5, 0.6) is 5.88 Å². The Morgan fingerprint density at radius 3 is 2.59 bits per heavy atom. The van der Waals surface area contributed by atoms with E-state index in [1.54, 1.807) is 23.1 Å². The molecule has 0 saturated carbocycles. The number of para-hydroxylation sites is 1. The summed E-state index contributed by atoms with van der Waals surface area (Å²) in [7, 11) is 0. The van der Waals surface area contributed by atoms with Crippen molar-refractivity contribution in [2.75, 3.05) is 0 Å². The van der Waals surface area contributed by atoms with E-state index in [4.69, 9.17) is 4.99 Å². The van der Waals surface area contributed by atoms with E-state index >= 15 is 0 Å². The molecule has 1 aliphatic rings. The molecule has 3 heterocycles. The van der Waals surface area contributed by atoms with Crippen LogP contribution in [0, 0.1) is 0 Å². The monoisotopic (exact) mass is 461 g/mol. The maximum absolute atomic E-state index is 12.9. The molecule has 0 spiro atoms. The minimum Gasteiger partial charge on any atom is -0.494 e. The summed E-state index contributed by atoms with van der Waals surface area (Å²) in [6.07, 6.45) is 0.444. The van der Waals surface area contributed by atoms with Crippen LogP contribution in [-0.4, -0.2) is 20.4 Å². The molecule has 2 N–H and O–H groups in total. The van der Waals surface area contributed by atoms with E-state index in [0.29, 0.717) is 12.1 Å². The molecule has 0 amide bonds. The Morgan fingerprint density at radius 1 is 1.03 bits per heavy atom. The third-order valence-corrected chi connectivity index (χ3v) is 7.71. The maximum Gasteiger partial charge on any atom is 0.331 e. The van der Waals surface area contributed by atoms with Crippen LogP contribution >= 0.6 is 23.1 Å². The van der Waals surface area contributed by atoms with Gasteiger partial charge in [0.1, 0.15) is 5.56 Å².